The zero-order chi connectivity index (χ0) is 12.0. The lowest BCUT2D eigenvalue weighted by Gasteiger charge is -2.38. The van der Waals surface area contributed by atoms with Gasteiger partial charge in [-0.05, 0) is 26.2 Å². The molecule has 94 valence electrons. The van der Waals surface area contributed by atoms with Crippen LogP contribution in [-0.2, 0) is 4.74 Å². The van der Waals surface area contributed by atoms with Crippen LogP contribution in [0.4, 0.5) is 4.79 Å². The molecule has 2 atom stereocenters. The van der Waals surface area contributed by atoms with E-state index in [4.69, 9.17) is 10.5 Å². The summed E-state index contributed by atoms with van der Waals surface area (Å²) in [6.45, 7) is 6.45. The molecular formula is C11H23N3O2. The second-order valence-corrected chi connectivity index (χ2v) is 4.59. The number of hydrogen-bond acceptors (Lipinski definition) is 3. The van der Waals surface area contributed by atoms with Crippen molar-refractivity contribution in [2.45, 2.75) is 44.8 Å². The Labute approximate surface area is 97.1 Å². The summed E-state index contributed by atoms with van der Waals surface area (Å²) in [6, 6.07) is 0.0144. The Bertz CT molecular complexity index is 235. The predicted octanol–water partition coefficient (Wildman–Crippen LogP) is 0.592. The summed E-state index contributed by atoms with van der Waals surface area (Å²) in [4.78, 5) is 10.5. The van der Waals surface area contributed by atoms with Crippen LogP contribution in [0, 0.1) is 0 Å². The molecule has 1 heterocycles. The molecule has 0 radical (unpaired) electrons. The normalized spacial score (nSPS) is 30.0. The molecule has 0 saturated carbocycles. The van der Waals surface area contributed by atoms with E-state index in [9.17, 15) is 4.79 Å². The van der Waals surface area contributed by atoms with Crippen molar-refractivity contribution in [2.24, 2.45) is 5.73 Å². The molecule has 1 aliphatic heterocycles. The van der Waals surface area contributed by atoms with E-state index in [1.807, 2.05) is 0 Å². The lowest BCUT2D eigenvalue weighted by molar-refractivity contribution is -0.0777. The summed E-state index contributed by atoms with van der Waals surface area (Å²) in [6.07, 6.45) is 3.09. The van der Waals surface area contributed by atoms with E-state index in [2.05, 4.69) is 24.5 Å². The van der Waals surface area contributed by atoms with Crippen molar-refractivity contribution < 1.29 is 9.53 Å². The third kappa shape index (κ3) is 4.37. The van der Waals surface area contributed by atoms with Gasteiger partial charge in [-0.15, -0.1) is 0 Å². The average Bonchev–Trinajstić information content (AvgIpc) is 2.24. The number of amides is 2. The highest BCUT2D eigenvalue weighted by Crippen LogP contribution is 2.27. The molecule has 2 amide bonds. The smallest absolute Gasteiger partial charge is 0.312 e. The number of carbonyl (C=O) groups is 1. The Hall–Kier alpha value is -0.810. The number of nitrogens with two attached hydrogens (primary N) is 1. The standard InChI is InChI=1S/C11H23N3O2/c1-3-11(2)8-9(4-7-16-11)13-5-6-14-10(12)15/h9,13H,3-8H2,1-2H3,(H3,12,14,15). The molecule has 5 nitrogen and oxygen atoms in total. The molecule has 0 aromatic carbocycles. The van der Waals surface area contributed by atoms with Crippen LogP contribution in [0.5, 0.6) is 0 Å². The van der Waals surface area contributed by atoms with Crippen molar-refractivity contribution in [3.63, 3.8) is 0 Å². The molecule has 16 heavy (non-hydrogen) atoms. The average molecular weight is 229 g/mol. The number of ether oxygens (including phenoxy) is 1. The first-order valence-electron chi connectivity index (χ1n) is 5.96. The molecular weight excluding hydrogens is 206 g/mol. The van der Waals surface area contributed by atoms with E-state index in [0.717, 1.165) is 32.4 Å². The van der Waals surface area contributed by atoms with Gasteiger partial charge in [0.2, 0.25) is 0 Å². The predicted molar refractivity (Wildman–Crippen MR) is 63.3 cm³/mol. The van der Waals surface area contributed by atoms with Gasteiger partial charge >= 0.3 is 6.03 Å². The van der Waals surface area contributed by atoms with E-state index >= 15 is 0 Å². The zero-order valence-electron chi connectivity index (χ0n) is 10.2. The quantitative estimate of drug-likeness (QED) is 0.604. The van der Waals surface area contributed by atoms with Gasteiger partial charge in [-0.2, -0.15) is 0 Å². The van der Waals surface area contributed by atoms with Crippen LogP contribution >= 0.6 is 0 Å². The molecule has 1 saturated heterocycles. The summed E-state index contributed by atoms with van der Waals surface area (Å²) in [5.74, 6) is 0. The highest BCUT2D eigenvalue weighted by Gasteiger charge is 2.31. The molecule has 0 aliphatic carbocycles. The Kier molecular flexibility index (Phi) is 5.02. The Balaban J connectivity index is 2.19. The number of carbonyl (C=O) groups excluding carboxylic acids is 1. The summed E-state index contributed by atoms with van der Waals surface area (Å²) in [5, 5.41) is 5.98. The van der Waals surface area contributed by atoms with Crippen LogP contribution < -0.4 is 16.4 Å². The molecule has 0 bridgehead atoms. The number of hydrogen-bond donors (Lipinski definition) is 3. The van der Waals surface area contributed by atoms with Crippen molar-refractivity contribution in [3.8, 4) is 0 Å². The molecule has 4 N–H and O–H groups in total. The van der Waals surface area contributed by atoms with Gasteiger partial charge in [-0.1, -0.05) is 6.92 Å². The van der Waals surface area contributed by atoms with Gasteiger partial charge in [0.25, 0.3) is 0 Å². The summed E-state index contributed by atoms with van der Waals surface area (Å²) in [5.41, 5.74) is 4.99. The number of primary amides is 1. The molecule has 5 heteroatoms. The number of urea groups is 1. The Morgan fingerprint density at radius 2 is 2.31 bits per heavy atom. The third-order valence-corrected chi connectivity index (χ3v) is 3.20. The van der Waals surface area contributed by atoms with Crippen molar-refractivity contribution in [1.29, 1.82) is 0 Å². The van der Waals surface area contributed by atoms with Gasteiger partial charge < -0.3 is 21.1 Å². The molecule has 1 rings (SSSR count). The SMILES string of the molecule is CCC1(C)CC(NCCNC(N)=O)CCO1. The maximum absolute atomic E-state index is 10.5. The van der Waals surface area contributed by atoms with Crippen LogP contribution in [0.25, 0.3) is 0 Å². The second kappa shape index (κ2) is 6.06. The summed E-state index contributed by atoms with van der Waals surface area (Å²) in [7, 11) is 0. The van der Waals surface area contributed by atoms with Crippen LogP contribution in [0.1, 0.15) is 33.1 Å². The molecule has 2 unspecified atom stereocenters. The highest BCUT2D eigenvalue weighted by atomic mass is 16.5. The van der Waals surface area contributed by atoms with Gasteiger partial charge in [0.1, 0.15) is 0 Å². The van der Waals surface area contributed by atoms with Crippen LogP contribution in [-0.4, -0.2) is 37.4 Å². The minimum Gasteiger partial charge on any atom is -0.375 e. The van der Waals surface area contributed by atoms with E-state index in [1.165, 1.54) is 0 Å². The van der Waals surface area contributed by atoms with Crippen molar-refractivity contribution in [2.75, 3.05) is 19.7 Å². The first kappa shape index (κ1) is 13.3. The lowest BCUT2D eigenvalue weighted by atomic mass is 9.90. The Morgan fingerprint density at radius 3 is 2.94 bits per heavy atom. The van der Waals surface area contributed by atoms with E-state index < -0.39 is 6.03 Å². The van der Waals surface area contributed by atoms with Gasteiger partial charge in [-0.25, -0.2) is 4.79 Å². The maximum atomic E-state index is 10.5. The summed E-state index contributed by atoms with van der Waals surface area (Å²) < 4.78 is 5.76. The molecule has 0 aromatic rings. The van der Waals surface area contributed by atoms with E-state index in [0.29, 0.717) is 12.6 Å². The number of rotatable bonds is 5. The number of nitrogens with one attached hydrogen (secondary N) is 2. The first-order valence-corrected chi connectivity index (χ1v) is 5.96. The van der Waals surface area contributed by atoms with Gasteiger partial charge in [0, 0.05) is 25.7 Å². The minimum absolute atomic E-state index is 0.00698. The first-order chi connectivity index (χ1) is 7.56. The molecule has 0 aromatic heterocycles. The fraction of sp³-hybridized carbons (Fsp3) is 0.909. The van der Waals surface area contributed by atoms with Gasteiger partial charge in [-0.3, -0.25) is 0 Å². The topological polar surface area (TPSA) is 76.4 Å². The third-order valence-electron chi connectivity index (χ3n) is 3.20. The van der Waals surface area contributed by atoms with Crippen LogP contribution in [0.2, 0.25) is 0 Å². The summed E-state index contributed by atoms with van der Waals surface area (Å²) >= 11 is 0. The van der Waals surface area contributed by atoms with Crippen LogP contribution in [0.15, 0.2) is 0 Å². The second-order valence-electron chi connectivity index (χ2n) is 4.59. The van der Waals surface area contributed by atoms with Crippen LogP contribution in [0.3, 0.4) is 0 Å². The monoisotopic (exact) mass is 229 g/mol. The fourth-order valence-electron chi connectivity index (χ4n) is 2.01. The van der Waals surface area contributed by atoms with Crippen molar-refractivity contribution in [3.05, 3.63) is 0 Å². The molecule has 1 aliphatic rings. The zero-order valence-corrected chi connectivity index (χ0v) is 10.2. The van der Waals surface area contributed by atoms with Gasteiger partial charge in [0.15, 0.2) is 0 Å². The Morgan fingerprint density at radius 1 is 1.56 bits per heavy atom. The molecule has 0 spiro atoms. The van der Waals surface area contributed by atoms with Crippen molar-refractivity contribution >= 4 is 6.03 Å². The van der Waals surface area contributed by atoms with E-state index in [1.54, 1.807) is 0 Å². The van der Waals surface area contributed by atoms with Crippen molar-refractivity contribution in [1.82, 2.24) is 10.6 Å². The highest BCUT2D eigenvalue weighted by molar-refractivity contribution is 5.71. The molecule has 1 fully saturated rings. The van der Waals surface area contributed by atoms with Gasteiger partial charge in [0.05, 0.1) is 5.60 Å². The largest absolute Gasteiger partial charge is 0.375 e. The fourth-order valence-corrected chi connectivity index (χ4v) is 2.01. The lowest BCUT2D eigenvalue weighted by Crippen LogP contribution is -2.47. The minimum atomic E-state index is -0.466. The maximum Gasteiger partial charge on any atom is 0.312 e. The van der Waals surface area contributed by atoms with E-state index in [-0.39, 0.29) is 5.60 Å².